The van der Waals surface area contributed by atoms with Gasteiger partial charge in [-0.2, -0.15) is 0 Å². The van der Waals surface area contributed by atoms with Crippen molar-refractivity contribution in [2.24, 2.45) is 0 Å². The summed E-state index contributed by atoms with van der Waals surface area (Å²) < 4.78 is 2.17. The van der Waals surface area contributed by atoms with E-state index in [9.17, 15) is 4.79 Å². The van der Waals surface area contributed by atoms with Crippen molar-refractivity contribution in [3.8, 4) is 0 Å². The molecule has 0 amide bonds. The average Bonchev–Trinajstić information content (AvgIpc) is 2.43. The number of fused-ring (bicyclic) bond motifs is 1. The molecule has 13 heavy (non-hydrogen) atoms. The first-order valence-corrected chi connectivity index (χ1v) is 7.85. The van der Waals surface area contributed by atoms with Crippen LogP contribution in [-0.2, 0) is 0 Å². The third-order valence-corrected chi connectivity index (χ3v) is 3.43. The summed E-state index contributed by atoms with van der Waals surface area (Å²) in [4.78, 5) is 14.9. The number of nitrogens with zero attached hydrogens (tertiary/aromatic N) is 3. The van der Waals surface area contributed by atoms with Gasteiger partial charge in [-0.05, 0) is 0 Å². The van der Waals surface area contributed by atoms with Gasteiger partial charge in [0.25, 0.3) is 0 Å². The third kappa shape index (κ3) is 1.62. The number of carboxylic acid groups (broad SMARTS) is 1. The SMILES string of the molecule is O=C(O)c1cccc2n[c]([RaH])nn12. The first kappa shape index (κ1) is 9.13. The molecule has 62 valence electrons. The van der Waals surface area contributed by atoms with Crippen LogP contribution in [0.2, 0.25) is 0 Å². The van der Waals surface area contributed by atoms with Crippen LogP contribution >= 0.6 is 0 Å². The molecule has 0 saturated carbocycles. The van der Waals surface area contributed by atoms with Gasteiger partial charge in [0.1, 0.15) is 0 Å². The summed E-state index contributed by atoms with van der Waals surface area (Å²) in [5.41, 5.74) is 0.771. The van der Waals surface area contributed by atoms with Gasteiger partial charge >= 0.3 is 104 Å². The number of hydrogen-bond donors (Lipinski definition) is 1. The van der Waals surface area contributed by atoms with Crippen molar-refractivity contribution in [2.75, 3.05) is 0 Å². The van der Waals surface area contributed by atoms with Crippen molar-refractivity contribution in [3.63, 3.8) is 0 Å². The molecule has 2 rings (SSSR count). The molecule has 0 fully saturated rings. The topological polar surface area (TPSA) is 67.5 Å². The molecule has 0 aliphatic heterocycles. The molecular formula is C7H5N3O2Ra. The maximum absolute atomic E-state index is 10.8. The fraction of sp³-hybridized carbons (Fsp3) is 0. The van der Waals surface area contributed by atoms with Gasteiger partial charge in [-0.3, -0.25) is 0 Å². The third-order valence-electron chi connectivity index (χ3n) is 1.68. The van der Waals surface area contributed by atoms with Crippen molar-refractivity contribution in [1.29, 1.82) is 0 Å². The van der Waals surface area contributed by atoms with Crippen LogP contribution in [0.5, 0.6) is 0 Å². The normalized spacial score (nSPS) is 10.4. The van der Waals surface area contributed by atoms with E-state index in [0.717, 1.165) is 0.865 Å². The molecule has 0 aliphatic carbocycles. The number of pyridine rings is 1. The Kier molecular flexibility index (Phi) is 2.36. The van der Waals surface area contributed by atoms with E-state index in [2.05, 4.69) is 10.1 Å². The summed E-state index contributed by atoms with van der Waals surface area (Å²) in [7, 11) is 0. The molecule has 2 heterocycles. The van der Waals surface area contributed by atoms with Crippen LogP contribution in [0.15, 0.2) is 18.2 Å². The summed E-state index contributed by atoms with van der Waals surface area (Å²) in [5, 5.41) is 12.9. The van der Waals surface area contributed by atoms with Gasteiger partial charge in [-0.15, -0.1) is 0 Å². The Morgan fingerprint density at radius 1 is 1.54 bits per heavy atom. The number of carboxylic acids is 1. The van der Waals surface area contributed by atoms with Gasteiger partial charge in [0.15, 0.2) is 0 Å². The van der Waals surface area contributed by atoms with Crippen LogP contribution in [0.1, 0.15) is 10.5 Å². The molecule has 0 radical (unpaired) electrons. The van der Waals surface area contributed by atoms with E-state index in [1.807, 2.05) is 0 Å². The Morgan fingerprint density at radius 3 is 3.00 bits per heavy atom. The zero-order chi connectivity index (χ0) is 9.42. The van der Waals surface area contributed by atoms with Crippen LogP contribution in [0, 0.1) is 42.8 Å². The first-order chi connectivity index (χ1) is 6.18. The predicted octanol–water partition coefficient (Wildman–Crippen LogP) is -0.666. The van der Waals surface area contributed by atoms with Gasteiger partial charge in [0, 0.05) is 0 Å². The first-order valence-electron chi connectivity index (χ1n) is 3.74. The Bertz CT molecular complexity index is 480. The molecule has 0 bridgehead atoms. The van der Waals surface area contributed by atoms with E-state index in [1.165, 1.54) is 10.6 Å². The molecule has 2 aromatic rings. The minimum atomic E-state index is -0.979. The number of rotatable bonds is 1. The van der Waals surface area contributed by atoms with Gasteiger partial charge in [-0.25, -0.2) is 0 Å². The molecule has 2 aromatic heterocycles. The molecule has 0 saturated heterocycles. The Hall–Kier alpha value is -0.442. The molecule has 6 heteroatoms. The number of carbonyl (C=O) groups is 1. The molecule has 0 aromatic carbocycles. The van der Waals surface area contributed by atoms with E-state index in [0.29, 0.717) is 5.65 Å². The van der Waals surface area contributed by atoms with Crippen LogP contribution < -0.4 is 0.865 Å². The summed E-state index contributed by atoms with van der Waals surface area (Å²) >= 11 is 0.0665. The van der Waals surface area contributed by atoms with Crippen LogP contribution in [-0.4, -0.2) is 25.7 Å². The van der Waals surface area contributed by atoms with E-state index >= 15 is 0 Å². The van der Waals surface area contributed by atoms with Crippen molar-refractivity contribution in [1.82, 2.24) is 14.6 Å². The maximum atomic E-state index is 10.8. The van der Waals surface area contributed by atoms with Crippen molar-refractivity contribution < 1.29 is 52.7 Å². The summed E-state index contributed by atoms with van der Waals surface area (Å²) in [6.45, 7) is 0. The molecule has 5 nitrogen and oxygen atoms in total. The van der Waals surface area contributed by atoms with Gasteiger partial charge in [-0.1, -0.05) is 0 Å². The minimum absolute atomic E-state index is 0.0665. The molecule has 0 aliphatic rings. The second-order valence-corrected chi connectivity index (χ2v) is 6.32. The Morgan fingerprint density at radius 2 is 2.31 bits per heavy atom. The van der Waals surface area contributed by atoms with Crippen LogP contribution in [0.25, 0.3) is 5.65 Å². The van der Waals surface area contributed by atoms with E-state index in [1.54, 1.807) is 12.1 Å². The van der Waals surface area contributed by atoms with Gasteiger partial charge < -0.3 is 0 Å². The zero-order valence-corrected chi connectivity index (χ0v) is 15.1. The molecule has 0 spiro atoms. The number of aromatic nitrogens is 3. The average molecular weight is 389 g/mol. The summed E-state index contributed by atoms with van der Waals surface area (Å²) in [6.07, 6.45) is 0. The second-order valence-electron chi connectivity index (χ2n) is 2.65. The van der Waals surface area contributed by atoms with Crippen molar-refractivity contribution >= 4 is 12.5 Å². The Balaban J connectivity index is 2.82. The Labute approximate surface area is 103 Å². The molecule has 0 unspecified atom stereocenters. The number of hydrogen-bond acceptors (Lipinski definition) is 3. The quantitative estimate of drug-likeness (QED) is 0.703. The van der Waals surface area contributed by atoms with Gasteiger partial charge in [0.05, 0.1) is 0 Å². The van der Waals surface area contributed by atoms with Crippen LogP contribution in [0.4, 0.5) is 0 Å². The molecule has 0 atom stereocenters. The fourth-order valence-corrected chi connectivity index (χ4v) is 2.94. The standard InChI is InChI=1S/C7H4N3O2.Ra.H/c11-7(12)5-2-1-3-6-8-4-9-10(5)6;;/h1-3H,(H,11,12);;. The zero-order valence-electron chi connectivity index (χ0n) is 6.93. The predicted molar refractivity (Wildman–Crippen MR) is 41.0 cm³/mol. The van der Waals surface area contributed by atoms with Crippen LogP contribution in [0.3, 0.4) is 0 Å². The summed E-state index contributed by atoms with van der Waals surface area (Å²) in [6, 6.07) is 4.94. The van der Waals surface area contributed by atoms with E-state index in [-0.39, 0.29) is 48.5 Å². The summed E-state index contributed by atoms with van der Waals surface area (Å²) in [5.74, 6) is -0.979. The van der Waals surface area contributed by atoms with Crippen molar-refractivity contribution in [2.45, 2.75) is 0 Å². The molecular weight excluding hydrogens is 384 g/mol. The monoisotopic (exact) mass is 389 g/mol. The fourth-order valence-electron chi connectivity index (χ4n) is 1.17. The van der Waals surface area contributed by atoms with E-state index < -0.39 is 5.97 Å². The number of aromatic carboxylic acids is 1. The van der Waals surface area contributed by atoms with Crippen molar-refractivity contribution in [3.05, 3.63) is 23.9 Å². The molecule has 1 N–H and O–H groups in total. The van der Waals surface area contributed by atoms with Gasteiger partial charge in [0.2, 0.25) is 0 Å². The van der Waals surface area contributed by atoms with E-state index in [4.69, 9.17) is 5.11 Å². The second kappa shape index (κ2) is 3.37.